The van der Waals surface area contributed by atoms with E-state index in [-0.39, 0.29) is 91.7 Å². The topological polar surface area (TPSA) is 61.4 Å². The van der Waals surface area contributed by atoms with E-state index in [1.54, 1.807) is 0 Å². The van der Waals surface area contributed by atoms with Gasteiger partial charge in [-0.1, -0.05) is 0 Å². The van der Waals surface area contributed by atoms with Crippen LogP contribution in [0.2, 0.25) is 0 Å². The number of hydrogen-bond acceptors (Lipinski definition) is 3. The zero-order chi connectivity index (χ0) is 11.0. The van der Waals surface area contributed by atoms with Gasteiger partial charge in [0.15, 0.2) is 0 Å². The Bertz CT molecular complexity index is 183. The van der Waals surface area contributed by atoms with Crippen molar-refractivity contribution in [1.29, 1.82) is 0 Å². The van der Waals surface area contributed by atoms with Gasteiger partial charge in [-0.3, -0.25) is 0 Å². The van der Waals surface area contributed by atoms with E-state index >= 15 is 0 Å². The predicted octanol–water partition coefficient (Wildman–Crippen LogP) is -1.18. The van der Waals surface area contributed by atoms with Crippen LogP contribution in [0.4, 0.5) is 0 Å². The molecule has 7 heteroatoms. The molecule has 0 aliphatic rings. The van der Waals surface area contributed by atoms with Crippen LogP contribution in [0.25, 0.3) is 0 Å². The predicted molar refractivity (Wildman–Crippen MR) is 54.2 cm³/mol. The molecule has 0 aliphatic carbocycles. The van der Waals surface area contributed by atoms with Gasteiger partial charge < -0.3 is 39.0 Å². The number of nitrogens with zero attached hydrogens (tertiary/aromatic N) is 1. The smallest absolute Gasteiger partial charge is 0.0797 e. The molecule has 0 aromatic rings. The zero-order valence-corrected chi connectivity index (χ0v) is 13.8. The number of carbonyl (C=O) groups excluding carboxylic acids is 2. The number of carbonyl (C=O) groups is 2. The minimum Gasteiger partial charge on any atom is -0.380 e. The van der Waals surface area contributed by atoms with Crippen LogP contribution in [0.3, 0.4) is 0 Å². The molecule has 2 N–H and O–H groups in total. The van der Waals surface area contributed by atoms with Gasteiger partial charge in [0.2, 0.25) is 0 Å². The fourth-order valence-corrected chi connectivity index (χ4v) is 0.884. The maximum Gasteiger partial charge on any atom is 0.0797 e. The van der Waals surface area contributed by atoms with Crippen LogP contribution < -0.4 is 10.6 Å². The van der Waals surface area contributed by atoms with Gasteiger partial charge in [-0.2, -0.15) is 0 Å². The van der Waals surface area contributed by atoms with E-state index < -0.39 is 0 Å². The molecule has 0 spiro atoms. The summed E-state index contributed by atoms with van der Waals surface area (Å²) in [5, 5.41) is 5.17. The summed E-state index contributed by atoms with van der Waals surface area (Å²) in [6.07, 6.45) is 0. The van der Waals surface area contributed by atoms with E-state index in [1.165, 1.54) is 0 Å². The van der Waals surface area contributed by atoms with Crippen LogP contribution in [0.5, 0.6) is 0 Å². The van der Waals surface area contributed by atoms with Gasteiger partial charge in [0.05, 0.1) is 11.8 Å². The minimum absolute atomic E-state index is 0. The Morgan fingerprint density at radius 1 is 1.00 bits per heavy atom. The fourth-order valence-electron chi connectivity index (χ4n) is 0.884. The Morgan fingerprint density at radius 2 is 1.31 bits per heavy atom. The normalized spacial score (nSPS) is 8.62. The van der Waals surface area contributed by atoms with Crippen molar-refractivity contribution in [1.82, 2.24) is 15.5 Å². The second-order valence-electron chi connectivity index (χ2n) is 3.00. The van der Waals surface area contributed by atoms with Crippen LogP contribution in [0, 0.1) is 93.7 Å². The molecular weight excluding hydrogens is 497 g/mol. The molecule has 0 fully saturated rings. The standard InChI is InChI=1S/C9H17N3O2.2Gd/c1-8(13)10-4-6-12(3)7-5-11-9(2)14;;/h1-2,4-7H2,3H3,(H,10,13)(H,11,14);;/q-2;;. The first-order chi connectivity index (χ1) is 6.52. The maximum atomic E-state index is 10.4. The van der Waals surface area contributed by atoms with Crippen molar-refractivity contribution in [3.8, 4) is 0 Å². The van der Waals surface area contributed by atoms with Crippen molar-refractivity contribution in [2.75, 3.05) is 33.2 Å². The number of nitrogens with one attached hydrogen (secondary N) is 2. The van der Waals surface area contributed by atoms with Crippen LogP contribution >= 0.6 is 0 Å². The summed E-state index contributed by atoms with van der Waals surface area (Å²) < 4.78 is 0. The molecule has 0 saturated carbocycles. The third-order valence-corrected chi connectivity index (χ3v) is 1.63. The van der Waals surface area contributed by atoms with E-state index in [0.29, 0.717) is 13.1 Å². The van der Waals surface area contributed by atoms with Crippen LogP contribution in [-0.4, -0.2) is 49.9 Å². The van der Waals surface area contributed by atoms with Gasteiger partial charge in [-0.05, 0) is 7.05 Å². The molecule has 0 saturated heterocycles. The number of likely N-dealkylation sites (N-methyl/N-ethyl adjacent to an activating group) is 1. The largest absolute Gasteiger partial charge is 0.380 e. The van der Waals surface area contributed by atoms with Crippen molar-refractivity contribution in [3.05, 3.63) is 13.8 Å². The molecule has 0 bridgehead atoms. The van der Waals surface area contributed by atoms with Gasteiger partial charge in [0.25, 0.3) is 0 Å². The molecule has 0 aromatic heterocycles. The summed E-state index contributed by atoms with van der Waals surface area (Å²) >= 11 is 0. The van der Waals surface area contributed by atoms with Crippen molar-refractivity contribution < 1.29 is 89.5 Å². The van der Waals surface area contributed by atoms with E-state index in [4.69, 9.17) is 0 Å². The average molecular weight is 514 g/mol. The summed E-state index contributed by atoms with van der Waals surface area (Å²) in [6.45, 7) is 8.97. The zero-order valence-electron chi connectivity index (χ0n) is 9.21. The van der Waals surface area contributed by atoms with Crippen LogP contribution in [0.15, 0.2) is 0 Å². The van der Waals surface area contributed by atoms with Crippen molar-refractivity contribution >= 4 is 11.8 Å². The summed E-state index contributed by atoms with van der Waals surface area (Å²) in [5.74, 6) is -0.547. The average Bonchev–Trinajstić information content (AvgIpc) is 2.02. The van der Waals surface area contributed by atoms with Gasteiger partial charge in [-0.25, -0.2) is 0 Å². The molecule has 0 aliphatic heterocycles. The Morgan fingerprint density at radius 3 is 1.56 bits per heavy atom. The summed E-state index contributed by atoms with van der Waals surface area (Å²) in [4.78, 5) is 22.8. The van der Waals surface area contributed by atoms with Crippen molar-refractivity contribution in [2.24, 2.45) is 0 Å². The third kappa shape index (κ3) is 17.7. The molecule has 0 rings (SSSR count). The summed E-state index contributed by atoms with van der Waals surface area (Å²) in [6, 6.07) is 0. The Kier molecular flexibility index (Phi) is 20.2. The quantitative estimate of drug-likeness (QED) is 0.440. The van der Waals surface area contributed by atoms with Gasteiger partial charge in [-0.15, -0.1) is 0 Å². The molecular formula is C9H17Gd2N3O2-2. The van der Waals surface area contributed by atoms with Gasteiger partial charge in [0.1, 0.15) is 0 Å². The van der Waals surface area contributed by atoms with E-state index in [2.05, 4.69) is 24.5 Å². The molecule has 98 valence electrons. The second kappa shape index (κ2) is 14.4. The fraction of sp³-hybridized carbons (Fsp3) is 0.556. The number of rotatable bonds is 6. The molecule has 16 heavy (non-hydrogen) atoms. The molecule has 5 nitrogen and oxygen atoms in total. The van der Waals surface area contributed by atoms with E-state index in [1.807, 2.05) is 11.9 Å². The summed E-state index contributed by atoms with van der Waals surface area (Å²) in [7, 11) is 1.91. The first kappa shape index (κ1) is 22.5. The van der Waals surface area contributed by atoms with Gasteiger partial charge in [0, 0.05) is 106 Å². The first-order valence-corrected chi connectivity index (χ1v) is 4.40. The molecule has 0 aromatic carbocycles. The number of hydrogen-bond donors (Lipinski definition) is 2. The second-order valence-corrected chi connectivity index (χ2v) is 3.00. The van der Waals surface area contributed by atoms with Crippen LogP contribution in [-0.2, 0) is 9.59 Å². The molecule has 0 atom stereocenters. The van der Waals surface area contributed by atoms with Gasteiger partial charge >= 0.3 is 0 Å². The minimum atomic E-state index is -0.274. The van der Waals surface area contributed by atoms with E-state index in [0.717, 1.165) is 13.1 Å². The summed E-state index contributed by atoms with van der Waals surface area (Å²) in [5.41, 5.74) is 0. The molecule has 0 radical (unpaired) electrons. The number of amides is 2. The van der Waals surface area contributed by atoms with Crippen LogP contribution in [0.1, 0.15) is 0 Å². The monoisotopic (exact) mass is 515 g/mol. The Labute approximate surface area is 161 Å². The molecule has 2 amide bonds. The van der Waals surface area contributed by atoms with Crippen molar-refractivity contribution in [3.63, 3.8) is 0 Å². The SMILES string of the molecule is [CH2-]C(=O)NCCN(C)CCNC([CH2-])=O.[Gd].[Gd]. The Hall–Kier alpha value is 1.29. The maximum absolute atomic E-state index is 10.4. The Balaban J connectivity index is -0.000000845. The third-order valence-electron chi connectivity index (χ3n) is 1.63. The molecule has 0 heterocycles. The van der Waals surface area contributed by atoms with E-state index in [9.17, 15) is 9.59 Å². The van der Waals surface area contributed by atoms with Crippen molar-refractivity contribution in [2.45, 2.75) is 0 Å². The molecule has 0 unspecified atom stereocenters. The first-order valence-electron chi connectivity index (χ1n) is 4.40.